The fraction of sp³-hybridized carbons (Fsp3) is 0.625. The second-order valence-electron chi connectivity index (χ2n) is 5.62. The van der Waals surface area contributed by atoms with Crippen molar-refractivity contribution in [2.24, 2.45) is 5.92 Å². The number of nitrogens with one attached hydrogen (secondary N) is 1. The molecule has 0 aromatic heterocycles. The van der Waals surface area contributed by atoms with Crippen LogP contribution >= 0.6 is 15.9 Å². The van der Waals surface area contributed by atoms with Gasteiger partial charge in [0.1, 0.15) is 5.82 Å². The highest BCUT2D eigenvalue weighted by molar-refractivity contribution is 9.10. The lowest BCUT2D eigenvalue weighted by Crippen LogP contribution is -2.33. The van der Waals surface area contributed by atoms with Crippen molar-refractivity contribution in [3.05, 3.63) is 34.1 Å². The molecule has 0 spiro atoms. The Morgan fingerprint density at radius 3 is 2.63 bits per heavy atom. The van der Waals surface area contributed by atoms with E-state index >= 15 is 0 Å². The lowest BCUT2D eigenvalue weighted by molar-refractivity contribution is 0.277. The van der Waals surface area contributed by atoms with Gasteiger partial charge >= 0.3 is 0 Å². The predicted molar refractivity (Wildman–Crippen MR) is 81.6 cm³/mol. The maximum Gasteiger partial charge on any atom is 0.128 e. The van der Waals surface area contributed by atoms with Gasteiger partial charge in [0, 0.05) is 22.6 Å². The SMILES string of the molecule is CCCC1CCC(NCc2ccc(Br)cc2F)CC1. The van der Waals surface area contributed by atoms with Gasteiger partial charge in [0.2, 0.25) is 0 Å². The van der Waals surface area contributed by atoms with Gasteiger partial charge in [-0.1, -0.05) is 41.8 Å². The van der Waals surface area contributed by atoms with Crippen LogP contribution in [0.2, 0.25) is 0 Å². The van der Waals surface area contributed by atoms with Crippen LogP contribution in [0.1, 0.15) is 51.0 Å². The fourth-order valence-electron chi connectivity index (χ4n) is 2.98. The first-order valence-corrected chi connectivity index (χ1v) is 8.15. The minimum atomic E-state index is -0.124. The van der Waals surface area contributed by atoms with E-state index in [1.165, 1.54) is 44.6 Å². The Kier molecular flexibility index (Phi) is 5.83. The Balaban J connectivity index is 1.77. The summed E-state index contributed by atoms with van der Waals surface area (Å²) in [4.78, 5) is 0. The number of benzene rings is 1. The van der Waals surface area contributed by atoms with Gasteiger partial charge in [-0.25, -0.2) is 4.39 Å². The van der Waals surface area contributed by atoms with Crippen LogP contribution in [0.25, 0.3) is 0 Å². The Bertz CT molecular complexity index is 400. The molecule has 0 atom stereocenters. The van der Waals surface area contributed by atoms with E-state index in [4.69, 9.17) is 0 Å². The Morgan fingerprint density at radius 2 is 2.00 bits per heavy atom. The minimum Gasteiger partial charge on any atom is -0.310 e. The van der Waals surface area contributed by atoms with Crippen molar-refractivity contribution in [2.75, 3.05) is 0 Å². The number of halogens is 2. The van der Waals surface area contributed by atoms with Crippen LogP contribution in [0.4, 0.5) is 4.39 Å². The molecular weight excluding hydrogens is 305 g/mol. The Morgan fingerprint density at radius 1 is 1.26 bits per heavy atom. The third kappa shape index (κ3) is 4.57. The van der Waals surface area contributed by atoms with E-state index in [9.17, 15) is 4.39 Å². The third-order valence-electron chi connectivity index (χ3n) is 4.14. The van der Waals surface area contributed by atoms with Crippen molar-refractivity contribution in [2.45, 2.75) is 58.0 Å². The van der Waals surface area contributed by atoms with Crippen molar-refractivity contribution < 1.29 is 4.39 Å². The zero-order chi connectivity index (χ0) is 13.7. The average Bonchev–Trinajstić information content (AvgIpc) is 2.40. The molecule has 1 nitrogen and oxygen atoms in total. The molecule has 0 saturated heterocycles. The summed E-state index contributed by atoms with van der Waals surface area (Å²) in [7, 11) is 0. The number of hydrogen-bond donors (Lipinski definition) is 1. The normalized spacial score (nSPS) is 23.5. The molecule has 0 unspecified atom stereocenters. The monoisotopic (exact) mass is 327 g/mol. The predicted octanol–water partition coefficient (Wildman–Crippen LogP) is 5.04. The molecule has 1 aromatic carbocycles. The summed E-state index contributed by atoms with van der Waals surface area (Å²) in [6.07, 6.45) is 7.80. The summed E-state index contributed by atoms with van der Waals surface area (Å²) >= 11 is 3.28. The maximum atomic E-state index is 13.7. The lowest BCUT2D eigenvalue weighted by atomic mass is 9.83. The third-order valence-corrected chi connectivity index (χ3v) is 4.63. The topological polar surface area (TPSA) is 12.0 Å². The van der Waals surface area contributed by atoms with Gasteiger partial charge in [-0.15, -0.1) is 0 Å². The van der Waals surface area contributed by atoms with Gasteiger partial charge < -0.3 is 5.32 Å². The van der Waals surface area contributed by atoms with Crippen LogP contribution in [-0.4, -0.2) is 6.04 Å². The molecule has 1 aliphatic rings. The van der Waals surface area contributed by atoms with E-state index < -0.39 is 0 Å². The quantitative estimate of drug-likeness (QED) is 0.799. The van der Waals surface area contributed by atoms with Crippen molar-refractivity contribution >= 4 is 15.9 Å². The first-order chi connectivity index (χ1) is 9.19. The minimum absolute atomic E-state index is 0.124. The summed E-state index contributed by atoms with van der Waals surface area (Å²) in [5.41, 5.74) is 0.763. The molecule has 0 bridgehead atoms. The molecule has 1 saturated carbocycles. The summed E-state index contributed by atoms with van der Waals surface area (Å²) in [5.74, 6) is 0.800. The van der Waals surface area contributed by atoms with Crippen LogP contribution < -0.4 is 5.32 Å². The molecule has 0 amide bonds. The Hall–Kier alpha value is -0.410. The zero-order valence-corrected chi connectivity index (χ0v) is 13.2. The standard InChI is InChI=1S/C16H23BrFN/c1-2-3-12-4-8-15(9-5-12)19-11-13-6-7-14(17)10-16(13)18/h6-7,10,12,15,19H,2-5,8-9,11H2,1H3. The molecule has 0 aliphatic heterocycles. The molecule has 2 rings (SSSR count). The molecule has 0 heterocycles. The van der Waals surface area contributed by atoms with Gasteiger partial charge in [0.15, 0.2) is 0 Å². The van der Waals surface area contributed by atoms with E-state index in [0.717, 1.165) is 16.0 Å². The van der Waals surface area contributed by atoms with Crippen LogP contribution in [0.15, 0.2) is 22.7 Å². The largest absolute Gasteiger partial charge is 0.310 e. The van der Waals surface area contributed by atoms with Crippen LogP contribution in [0, 0.1) is 11.7 Å². The summed E-state index contributed by atoms with van der Waals surface area (Å²) < 4.78 is 14.5. The number of hydrogen-bond acceptors (Lipinski definition) is 1. The maximum absolute atomic E-state index is 13.7. The second-order valence-corrected chi connectivity index (χ2v) is 6.54. The van der Waals surface area contributed by atoms with Crippen molar-refractivity contribution in [1.29, 1.82) is 0 Å². The van der Waals surface area contributed by atoms with E-state index in [0.29, 0.717) is 12.6 Å². The zero-order valence-electron chi connectivity index (χ0n) is 11.6. The van der Waals surface area contributed by atoms with E-state index in [-0.39, 0.29) is 5.82 Å². The molecule has 1 N–H and O–H groups in total. The van der Waals surface area contributed by atoms with Crippen molar-refractivity contribution in [3.8, 4) is 0 Å². The van der Waals surface area contributed by atoms with Crippen LogP contribution in [0.5, 0.6) is 0 Å². The highest BCUT2D eigenvalue weighted by Crippen LogP contribution is 2.28. The second kappa shape index (κ2) is 7.39. The summed E-state index contributed by atoms with van der Waals surface area (Å²) in [5, 5.41) is 3.51. The summed E-state index contributed by atoms with van der Waals surface area (Å²) in [6.45, 7) is 2.91. The van der Waals surface area contributed by atoms with Crippen LogP contribution in [0.3, 0.4) is 0 Å². The lowest BCUT2D eigenvalue weighted by Gasteiger charge is -2.29. The molecular formula is C16H23BrFN. The highest BCUT2D eigenvalue weighted by Gasteiger charge is 2.20. The van der Waals surface area contributed by atoms with Gasteiger partial charge in [-0.3, -0.25) is 0 Å². The first kappa shape index (κ1) is 15.0. The summed E-state index contributed by atoms with van der Waals surface area (Å²) in [6, 6.07) is 5.86. The van der Waals surface area contributed by atoms with E-state index in [2.05, 4.69) is 28.2 Å². The van der Waals surface area contributed by atoms with Gasteiger partial charge in [0.05, 0.1) is 0 Å². The molecule has 19 heavy (non-hydrogen) atoms. The molecule has 3 heteroatoms. The molecule has 1 fully saturated rings. The molecule has 106 valence electrons. The first-order valence-electron chi connectivity index (χ1n) is 7.36. The fourth-order valence-corrected chi connectivity index (χ4v) is 3.32. The Labute approximate surface area is 124 Å². The smallest absolute Gasteiger partial charge is 0.128 e. The van der Waals surface area contributed by atoms with Crippen molar-refractivity contribution in [1.82, 2.24) is 5.32 Å². The average molecular weight is 328 g/mol. The molecule has 1 aromatic rings. The van der Waals surface area contributed by atoms with E-state index in [1.54, 1.807) is 0 Å². The van der Waals surface area contributed by atoms with Crippen molar-refractivity contribution in [3.63, 3.8) is 0 Å². The molecule has 0 radical (unpaired) electrons. The van der Waals surface area contributed by atoms with Crippen LogP contribution in [-0.2, 0) is 6.54 Å². The van der Waals surface area contributed by atoms with E-state index in [1.807, 2.05) is 12.1 Å². The number of rotatable bonds is 5. The van der Waals surface area contributed by atoms with Gasteiger partial charge in [-0.2, -0.15) is 0 Å². The highest BCUT2D eigenvalue weighted by atomic mass is 79.9. The molecule has 1 aliphatic carbocycles. The van der Waals surface area contributed by atoms with Gasteiger partial charge in [-0.05, 0) is 43.7 Å². The van der Waals surface area contributed by atoms with Gasteiger partial charge in [0.25, 0.3) is 0 Å².